The highest BCUT2D eigenvalue weighted by molar-refractivity contribution is 6.23. The van der Waals surface area contributed by atoms with Gasteiger partial charge in [0.05, 0.1) is 27.9 Å². The van der Waals surface area contributed by atoms with Crippen LogP contribution in [-0.4, -0.2) is 0 Å². The number of rotatable bonds is 5. The van der Waals surface area contributed by atoms with Crippen molar-refractivity contribution in [1.82, 2.24) is 0 Å². The molecule has 1 heterocycles. The molecule has 0 saturated heterocycles. The topological polar surface area (TPSA) is 16.4 Å². The summed E-state index contributed by atoms with van der Waals surface area (Å²) in [5.74, 6) is 0. The zero-order valence-electron chi connectivity index (χ0n) is 33.2. The quantitative estimate of drug-likeness (QED) is 0.173. The maximum absolute atomic E-state index is 7.01. The fourth-order valence-corrected chi connectivity index (χ4v) is 10.9. The average Bonchev–Trinajstić information content (AvgIpc) is 3.97. The molecule has 1 aromatic heterocycles. The van der Waals surface area contributed by atoms with Crippen molar-refractivity contribution < 1.29 is 4.42 Å². The van der Waals surface area contributed by atoms with E-state index in [0.29, 0.717) is 0 Å². The molecule has 11 aromatic rings. The molecule has 0 amide bonds. The van der Waals surface area contributed by atoms with E-state index in [2.05, 4.69) is 229 Å². The molecule has 1 spiro atoms. The largest absolute Gasteiger partial charge is 0.455 e. The molecule has 2 aliphatic carbocycles. The van der Waals surface area contributed by atoms with Gasteiger partial charge >= 0.3 is 0 Å². The van der Waals surface area contributed by atoms with Crippen LogP contribution in [0.2, 0.25) is 0 Å². The van der Waals surface area contributed by atoms with Crippen LogP contribution in [0.15, 0.2) is 229 Å². The number of benzene rings is 10. The van der Waals surface area contributed by atoms with E-state index in [-0.39, 0.29) is 0 Å². The first-order valence-electron chi connectivity index (χ1n) is 21.1. The first-order valence-corrected chi connectivity index (χ1v) is 21.1. The van der Waals surface area contributed by atoms with Crippen LogP contribution in [0.5, 0.6) is 0 Å². The van der Waals surface area contributed by atoms with E-state index >= 15 is 0 Å². The third-order valence-electron chi connectivity index (χ3n) is 13.3. The summed E-state index contributed by atoms with van der Waals surface area (Å²) in [7, 11) is 0. The summed E-state index contributed by atoms with van der Waals surface area (Å²) in [4.78, 5) is 2.53. The Labute approximate surface area is 354 Å². The molecule has 13 rings (SSSR count). The lowest BCUT2D eigenvalue weighted by Gasteiger charge is -2.32. The Morgan fingerprint density at radius 3 is 1.52 bits per heavy atom. The van der Waals surface area contributed by atoms with Crippen molar-refractivity contribution in [3.8, 4) is 44.5 Å². The summed E-state index contributed by atoms with van der Waals surface area (Å²) < 4.78 is 7.01. The lowest BCUT2D eigenvalue weighted by Crippen LogP contribution is -2.26. The van der Waals surface area contributed by atoms with Crippen molar-refractivity contribution in [2.75, 3.05) is 4.90 Å². The van der Waals surface area contributed by atoms with Gasteiger partial charge in [-0.05, 0) is 91.4 Å². The molecule has 0 unspecified atom stereocenters. The van der Waals surface area contributed by atoms with Crippen LogP contribution >= 0.6 is 0 Å². The maximum Gasteiger partial charge on any atom is 0.143 e. The lowest BCUT2D eigenvalue weighted by atomic mass is 9.70. The van der Waals surface area contributed by atoms with Crippen molar-refractivity contribution in [3.05, 3.63) is 247 Å². The first kappa shape index (κ1) is 34.0. The van der Waals surface area contributed by atoms with Crippen molar-refractivity contribution in [3.63, 3.8) is 0 Å². The maximum atomic E-state index is 7.01. The molecule has 0 saturated carbocycles. The van der Waals surface area contributed by atoms with Gasteiger partial charge in [0.2, 0.25) is 0 Å². The highest BCUT2D eigenvalue weighted by Gasteiger charge is 2.52. The van der Waals surface area contributed by atoms with Crippen LogP contribution in [-0.2, 0) is 5.41 Å². The van der Waals surface area contributed by atoms with Crippen LogP contribution in [0, 0.1) is 0 Å². The minimum Gasteiger partial charge on any atom is -0.455 e. The number of anilines is 3. The molecular weight excluding hydrogens is 739 g/mol. The number of fused-ring (bicyclic) bond motifs is 15. The first-order chi connectivity index (χ1) is 30.3. The predicted molar refractivity (Wildman–Crippen MR) is 253 cm³/mol. The summed E-state index contributed by atoms with van der Waals surface area (Å²) in [6.07, 6.45) is 0. The molecule has 2 aliphatic rings. The second-order valence-electron chi connectivity index (χ2n) is 16.3. The van der Waals surface area contributed by atoms with Crippen molar-refractivity contribution in [1.29, 1.82) is 0 Å². The molecular formula is C59H37NO. The molecule has 2 heteroatoms. The molecule has 0 fully saturated rings. The monoisotopic (exact) mass is 775 g/mol. The summed E-state index contributed by atoms with van der Waals surface area (Å²) in [5.41, 5.74) is 19.6. The molecule has 61 heavy (non-hydrogen) atoms. The van der Waals surface area contributed by atoms with Crippen LogP contribution in [0.4, 0.5) is 17.1 Å². The van der Waals surface area contributed by atoms with Gasteiger partial charge in [0, 0.05) is 21.9 Å². The third-order valence-corrected chi connectivity index (χ3v) is 13.3. The zero-order chi connectivity index (χ0) is 40.1. The smallest absolute Gasteiger partial charge is 0.143 e. The highest BCUT2D eigenvalue weighted by atomic mass is 16.3. The molecule has 0 aliphatic heterocycles. The van der Waals surface area contributed by atoms with Crippen LogP contribution < -0.4 is 4.90 Å². The van der Waals surface area contributed by atoms with Gasteiger partial charge in [0.15, 0.2) is 0 Å². The SMILES string of the molecule is c1ccc(-c2ccccc2N(c2cccc3c2-c2ccccc2C32c3ccccc3-c3ccccc32)c2cccc3oc4c5ccccc5c(-c5ccccc5)cc4c23)cc1. The van der Waals surface area contributed by atoms with Gasteiger partial charge in [-0.15, -0.1) is 0 Å². The van der Waals surface area contributed by atoms with E-state index in [9.17, 15) is 0 Å². The van der Waals surface area contributed by atoms with E-state index in [4.69, 9.17) is 4.42 Å². The van der Waals surface area contributed by atoms with E-state index in [1.807, 2.05) is 0 Å². The second-order valence-corrected chi connectivity index (χ2v) is 16.3. The highest BCUT2D eigenvalue weighted by Crippen LogP contribution is 2.65. The normalized spacial score (nSPS) is 13.0. The predicted octanol–water partition coefficient (Wildman–Crippen LogP) is 15.9. The number of nitrogens with zero attached hydrogens (tertiary/aromatic N) is 1. The Morgan fingerprint density at radius 1 is 0.328 bits per heavy atom. The summed E-state index contributed by atoms with van der Waals surface area (Å²) in [6, 6.07) is 82.1. The van der Waals surface area contributed by atoms with Gasteiger partial charge in [-0.25, -0.2) is 0 Å². The van der Waals surface area contributed by atoms with Crippen LogP contribution in [0.3, 0.4) is 0 Å². The van der Waals surface area contributed by atoms with Crippen molar-refractivity contribution in [2.45, 2.75) is 5.41 Å². The van der Waals surface area contributed by atoms with E-state index in [1.54, 1.807) is 0 Å². The third kappa shape index (κ3) is 4.67. The Morgan fingerprint density at radius 2 is 0.820 bits per heavy atom. The van der Waals surface area contributed by atoms with Crippen LogP contribution in [0.1, 0.15) is 22.3 Å². The van der Waals surface area contributed by atoms with Gasteiger partial charge in [0.1, 0.15) is 11.2 Å². The summed E-state index contributed by atoms with van der Waals surface area (Å²) in [5, 5.41) is 4.45. The fraction of sp³-hybridized carbons (Fsp3) is 0.0169. The molecule has 0 N–H and O–H groups in total. The molecule has 0 bridgehead atoms. The van der Waals surface area contributed by atoms with Crippen molar-refractivity contribution in [2.24, 2.45) is 0 Å². The Bertz CT molecular complexity index is 3500. The van der Waals surface area contributed by atoms with E-state index in [0.717, 1.165) is 55.5 Å². The van der Waals surface area contributed by atoms with Gasteiger partial charge < -0.3 is 9.32 Å². The average molecular weight is 776 g/mol. The van der Waals surface area contributed by atoms with E-state index < -0.39 is 5.41 Å². The number of hydrogen-bond donors (Lipinski definition) is 0. The number of furan rings is 1. The molecule has 284 valence electrons. The van der Waals surface area contributed by atoms with Gasteiger partial charge in [-0.1, -0.05) is 194 Å². The molecule has 2 nitrogen and oxygen atoms in total. The lowest BCUT2D eigenvalue weighted by molar-refractivity contribution is 0.672. The summed E-state index contributed by atoms with van der Waals surface area (Å²) in [6.45, 7) is 0. The Balaban J connectivity index is 1.17. The molecule has 10 aromatic carbocycles. The minimum atomic E-state index is -0.475. The molecule has 0 atom stereocenters. The molecule has 0 radical (unpaired) electrons. The number of para-hydroxylation sites is 1. The number of hydrogen-bond acceptors (Lipinski definition) is 2. The van der Waals surface area contributed by atoms with E-state index in [1.165, 1.54) is 61.0 Å². The Hall–Kier alpha value is -7.94. The van der Waals surface area contributed by atoms with Gasteiger partial charge in [-0.2, -0.15) is 0 Å². The second kappa shape index (κ2) is 13.0. The fourth-order valence-electron chi connectivity index (χ4n) is 10.9. The van der Waals surface area contributed by atoms with Crippen LogP contribution in [0.25, 0.3) is 77.2 Å². The minimum absolute atomic E-state index is 0.475. The van der Waals surface area contributed by atoms with Crippen molar-refractivity contribution >= 4 is 49.8 Å². The van der Waals surface area contributed by atoms with Gasteiger partial charge in [-0.3, -0.25) is 0 Å². The Kier molecular flexibility index (Phi) is 7.26. The standard InChI is InChI=1S/C59H37NO/c1-3-19-38(20-4-1)40-23-12-16-33-52(40)60(54-35-18-36-55-57(54)47-37-46(39-21-5-2-6-22-39)41-24-7-8-27-44(41)58(47)61-55)53-34-17-32-51-56(53)45-28-11-15-31-50(45)59(51)48-29-13-9-25-42(48)43-26-10-14-30-49(43)59/h1-37H. The van der Waals surface area contributed by atoms with Gasteiger partial charge in [0.25, 0.3) is 0 Å². The zero-order valence-corrected chi connectivity index (χ0v) is 33.2. The summed E-state index contributed by atoms with van der Waals surface area (Å²) >= 11 is 0.